The van der Waals surface area contributed by atoms with Crippen LogP contribution < -0.4 is 15.4 Å². The molecule has 4 rings (SSSR count). The van der Waals surface area contributed by atoms with Crippen molar-refractivity contribution >= 4 is 26.0 Å². The van der Waals surface area contributed by atoms with E-state index in [4.69, 9.17) is 14.2 Å². The molecule has 3 aromatic rings. The molecule has 3 aromatic carbocycles. The summed E-state index contributed by atoms with van der Waals surface area (Å²) >= 11 is 0. The van der Waals surface area contributed by atoms with Crippen LogP contribution >= 0.6 is 0 Å². The highest BCUT2D eigenvalue weighted by molar-refractivity contribution is 6.77. The molecule has 0 heterocycles. The van der Waals surface area contributed by atoms with Gasteiger partial charge in [0.15, 0.2) is 6.61 Å². The van der Waals surface area contributed by atoms with E-state index in [1.54, 1.807) is 7.05 Å². The van der Waals surface area contributed by atoms with Crippen molar-refractivity contribution in [2.75, 3.05) is 33.4 Å². The summed E-state index contributed by atoms with van der Waals surface area (Å²) in [6.07, 6.45) is -0.659. The van der Waals surface area contributed by atoms with Gasteiger partial charge in [0, 0.05) is 18.5 Å². The number of amides is 2. The number of alkyl carbamates (subject to hydrolysis) is 1. The second-order valence-electron chi connectivity index (χ2n) is 10.8. The number of hydrogen-bond acceptors (Lipinski definition) is 6. The van der Waals surface area contributed by atoms with Gasteiger partial charge in [-0.15, -0.1) is 0 Å². The highest BCUT2D eigenvalue weighted by atomic mass is 28.3. The van der Waals surface area contributed by atoms with Crippen LogP contribution in [-0.2, 0) is 19.1 Å². The first-order valence-corrected chi connectivity index (χ1v) is 16.9. The predicted octanol–water partition coefficient (Wildman–Crippen LogP) is 4.85. The van der Waals surface area contributed by atoms with E-state index in [1.165, 1.54) is 0 Å². The molecule has 0 saturated heterocycles. The molecule has 0 fully saturated rings. The highest BCUT2D eigenvalue weighted by Gasteiger charge is 2.31. The molecule has 0 aromatic heterocycles. The number of rotatable bonds is 11. The third kappa shape index (κ3) is 7.09. The van der Waals surface area contributed by atoms with E-state index in [-0.39, 0.29) is 43.7 Å². The Morgan fingerprint density at radius 1 is 0.850 bits per heavy atom. The zero-order valence-corrected chi connectivity index (χ0v) is 24.4. The summed E-state index contributed by atoms with van der Waals surface area (Å²) in [4.78, 5) is 36.3. The smallest absolute Gasteiger partial charge is 0.407 e. The summed E-state index contributed by atoms with van der Waals surface area (Å²) in [7, 11) is -0.221. The Hall–Kier alpha value is -4.11. The zero-order chi connectivity index (χ0) is 28.7. The van der Waals surface area contributed by atoms with E-state index < -0.39 is 20.1 Å². The number of carbonyl (C=O) groups excluding carboxylic acids is 3. The molecule has 1 aliphatic carbocycles. The van der Waals surface area contributed by atoms with Crippen LogP contribution in [0.1, 0.15) is 28.1 Å². The number of carbonyl (C=O) groups is 3. The molecule has 40 heavy (non-hydrogen) atoms. The van der Waals surface area contributed by atoms with Crippen LogP contribution in [0.25, 0.3) is 11.1 Å². The van der Waals surface area contributed by atoms with Crippen LogP contribution in [0.5, 0.6) is 5.75 Å². The Morgan fingerprint density at radius 3 is 2.02 bits per heavy atom. The molecule has 1 unspecified atom stereocenters. The van der Waals surface area contributed by atoms with Gasteiger partial charge < -0.3 is 24.8 Å². The van der Waals surface area contributed by atoms with Crippen molar-refractivity contribution in [2.24, 2.45) is 0 Å². The van der Waals surface area contributed by atoms with Crippen molar-refractivity contribution in [2.45, 2.75) is 31.1 Å². The number of benzene rings is 3. The highest BCUT2D eigenvalue weighted by Crippen LogP contribution is 2.44. The molecule has 0 bridgehead atoms. The standard InChI is InChI=1S/C31H36N2O6Si/c1-32-29(34)20-37-22-15-13-21(14-16-22)28(40(2,3)4)19-38-30(35)17-33-31(36)39-18-27-25-11-7-5-9-23(25)24-10-6-8-12-26(24)27/h5-16,27-28H,17-20H2,1-4H3,(H,32,34)(H,33,36). The maximum Gasteiger partial charge on any atom is 0.407 e. The number of esters is 1. The van der Waals surface area contributed by atoms with Gasteiger partial charge in [-0.2, -0.15) is 0 Å². The quantitative estimate of drug-likeness (QED) is 0.257. The average Bonchev–Trinajstić information content (AvgIpc) is 3.27. The molecule has 8 nitrogen and oxygen atoms in total. The van der Waals surface area contributed by atoms with Gasteiger partial charge in [-0.1, -0.05) is 80.3 Å². The largest absolute Gasteiger partial charge is 0.484 e. The Bertz CT molecular complexity index is 1310. The van der Waals surface area contributed by atoms with Crippen molar-refractivity contribution in [3.63, 3.8) is 0 Å². The second-order valence-corrected chi connectivity index (χ2v) is 16.2. The van der Waals surface area contributed by atoms with Crippen LogP contribution in [0.15, 0.2) is 72.8 Å². The first-order valence-electron chi connectivity index (χ1n) is 13.3. The Balaban J connectivity index is 1.26. The van der Waals surface area contributed by atoms with Crippen molar-refractivity contribution in [3.8, 4) is 16.9 Å². The fourth-order valence-electron chi connectivity index (χ4n) is 4.88. The van der Waals surface area contributed by atoms with Crippen LogP contribution in [0.3, 0.4) is 0 Å². The minimum Gasteiger partial charge on any atom is -0.484 e. The van der Waals surface area contributed by atoms with Crippen molar-refractivity contribution in [3.05, 3.63) is 89.5 Å². The summed E-state index contributed by atoms with van der Waals surface area (Å²) in [5.74, 6) is -0.195. The zero-order valence-electron chi connectivity index (χ0n) is 23.4. The van der Waals surface area contributed by atoms with Crippen LogP contribution in [0, 0.1) is 0 Å². The van der Waals surface area contributed by atoms with Crippen LogP contribution in [0.4, 0.5) is 4.79 Å². The van der Waals surface area contributed by atoms with E-state index in [0.29, 0.717) is 5.75 Å². The first kappa shape index (κ1) is 28.9. The lowest BCUT2D eigenvalue weighted by atomic mass is 9.98. The fraction of sp³-hybridized carbons (Fsp3) is 0.323. The summed E-state index contributed by atoms with van der Waals surface area (Å²) in [5, 5.41) is 5.03. The van der Waals surface area contributed by atoms with E-state index in [2.05, 4.69) is 54.5 Å². The Kier molecular flexibility index (Phi) is 9.26. The third-order valence-electron chi connectivity index (χ3n) is 7.11. The van der Waals surface area contributed by atoms with Crippen molar-refractivity contribution in [1.29, 1.82) is 0 Å². The summed E-state index contributed by atoms with van der Waals surface area (Å²) in [5.41, 5.74) is 5.62. The number of nitrogens with one attached hydrogen (secondary N) is 2. The van der Waals surface area contributed by atoms with Gasteiger partial charge in [0.2, 0.25) is 0 Å². The summed E-state index contributed by atoms with van der Waals surface area (Å²) in [6.45, 7) is 6.67. The molecule has 2 N–H and O–H groups in total. The molecule has 210 valence electrons. The first-order chi connectivity index (χ1) is 19.2. The van der Waals surface area contributed by atoms with Gasteiger partial charge in [-0.05, 0) is 39.9 Å². The lowest BCUT2D eigenvalue weighted by molar-refractivity contribution is -0.142. The average molecular weight is 561 g/mol. The summed E-state index contributed by atoms with van der Waals surface area (Å²) < 4.78 is 16.6. The lowest BCUT2D eigenvalue weighted by Gasteiger charge is -2.29. The van der Waals surface area contributed by atoms with E-state index in [1.807, 2.05) is 48.5 Å². The maximum absolute atomic E-state index is 12.5. The molecular formula is C31H36N2O6Si. The van der Waals surface area contributed by atoms with Gasteiger partial charge in [-0.25, -0.2) is 4.79 Å². The fourth-order valence-corrected chi connectivity index (χ4v) is 6.66. The van der Waals surface area contributed by atoms with E-state index >= 15 is 0 Å². The molecule has 0 aliphatic heterocycles. The number of likely N-dealkylation sites (N-methyl/N-ethyl adjacent to an activating group) is 1. The van der Waals surface area contributed by atoms with Gasteiger partial charge >= 0.3 is 12.1 Å². The molecule has 2 amide bonds. The molecule has 1 aliphatic rings. The van der Waals surface area contributed by atoms with Gasteiger partial charge in [0.25, 0.3) is 5.91 Å². The molecule has 1 atom stereocenters. The van der Waals surface area contributed by atoms with Gasteiger partial charge in [0.05, 0.1) is 14.7 Å². The lowest BCUT2D eigenvalue weighted by Crippen LogP contribution is -2.37. The van der Waals surface area contributed by atoms with Crippen molar-refractivity contribution in [1.82, 2.24) is 10.6 Å². The predicted molar refractivity (Wildman–Crippen MR) is 156 cm³/mol. The molecule has 9 heteroatoms. The minimum absolute atomic E-state index is 0.0406. The van der Waals surface area contributed by atoms with Gasteiger partial charge in [-0.3, -0.25) is 9.59 Å². The van der Waals surface area contributed by atoms with E-state index in [9.17, 15) is 14.4 Å². The SMILES string of the molecule is CNC(=O)COc1ccc(C(COC(=O)CNC(=O)OCC2c3ccccc3-c3ccccc32)[Si](C)(C)C)cc1. The van der Waals surface area contributed by atoms with Crippen molar-refractivity contribution < 1.29 is 28.6 Å². The minimum atomic E-state index is -1.78. The van der Waals surface area contributed by atoms with Crippen LogP contribution in [0.2, 0.25) is 19.6 Å². The topological polar surface area (TPSA) is 103 Å². The normalized spacial score (nSPS) is 13.0. The molecule has 0 spiro atoms. The molecule has 0 saturated carbocycles. The van der Waals surface area contributed by atoms with Gasteiger partial charge in [0.1, 0.15) is 18.9 Å². The number of fused-ring (bicyclic) bond motifs is 3. The second kappa shape index (κ2) is 12.8. The Morgan fingerprint density at radius 2 is 1.45 bits per heavy atom. The number of ether oxygens (including phenoxy) is 3. The van der Waals surface area contributed by atoms with E-state index in [0.717, 1.165) is 27.8 Å². The van der Waals surface area contributed by atoms with Crippen LogP contribution in [-0.4, -0.2) is 59.5 Å². The molecule has 0 radical (unpaired) electrons. The Labute approximate surface area is 236 Å². The maximum atomic E-state index is 12.5. The summed E-state index contributed by atoms with van der Waals surface area (Å²) in [6, 6.07) is 23.7. The molecular weight excluding hydrogens is 524 g/mol. The monoisotopic (exact) mass is 560 g/mol. The number of hydrogen-bond donors (Lipinski definition) is 2. The third-order valence-corrected chi connectivity index (χ3v) is 9.70.